The van der Waals surface area contributed by atoms with Crippen molar-refractivity contribution in [1.82, 2.24) is 15.2 Å². The van der Waals surface area contributed by atoms with E-state index in [4.69, 9.17) is 25.5 Å². The maximum Gasteiger partial charge on any atom is 0.270 e. The van der Waals surface area contributed by atoms with Crippen LogP contribution in [0, 0.1) is 10.1 Å². The van der Waals surface area contributed by atoms with Crippen LogP contribution < -0.4 is 9.47 Å². The van der Waals surface area contributed by atoms with E-state index in [0.29, 0.717) is 22.1 Å². The molecule has 0 saturated heterocycles. The Balaban J connectivity index is 1.76. The van der Waals surface area contributed by atoms with Crippen LogP contribution in [-0.4, -0.2) is 27.2 Å². The van der Waals surface area contributed by atoms with Crippen molar-refractivity contribution in [3.05, 3.63) is 76.1 Å². The number of nitro groups is 1. The molecule has 0 N–H and O–H groups in total. The van der Waals surface area contributed by atoms with E-state index in [1.165, 1.54) is 30.6 Å². The molecule has 9 nitrogen and oxygen atoms in total. The fraction of sp³-hybridized carbons (Fsp3) is 0.0500. The lowest BCUT2D eigenvalue weighted by Gasteiger charge is -2.09. The van der Waals surface area contributed by atoms with Crippen LogP contribution in [0.1, 0.15) is 0 Å². The van der Waals surface area contributed by atoms with Gasteiger partial charge in [0.1, 0.15) is 17.2 Å². The Kier molecular flexibility index (Phi) is 5.27. The number of methoxy groups -OCH3 is 1. The molecule has 0 saturated carbocycles. The van der Waals surface area contributed by atoms with Crippen LogP contribution in [0.4, 0.5) is 5.69 Å². The SMILES string of the molecule is COc1cccc(-c2nnc(-c3cc([N+](=O)[O-])ccc3Oc3cncc(Cl)c3)o2)c1. The molecule has 2 aromatic carbocycles. The van der Waals surface area contributed by atoms with Crippen molar-refractivity contribution in [3.8, 4) is 40.2 Å². The van der Waals surface area contributed by atoms with Crippen molar-refractivity contribution in [3.63, 3.8) is 0 Å². The molecule has 0 fully saturated rings. The minimum absolute atomic E-state index is 0.0570. The third-order valence-corrected chi connectivity index (χ3v) is 4.26. The number of nitro benzene ring substituents is 1. The largest absolute Gasteiger partial charge is 0.497 e. The predicted molar refractivity (Wildman–Crippen MR) is 108 cm³/mol. The van der Waals surface area contributed by atoms with Gasteiger partial charge in [0.15, 0.2) is 0 Å². The zero-order chi connectivity index (χ0) is 21.1. The minimum atomic E-state index is -0.520. The van der Waals surface area contributed by atoms with Crippen molar-refractivity contribution in [2.24, 2.45) is 0 Å². The van der Waals surface area contributed by atoms with E-state index >= 15 is 0 Å². The second-order valence-corrected chi connectivity index (χ2v) is 6.46. The number of aromatic nitrogens is 3. The van der Waals surface area contributed by atoms with Crippen LogP contribution in [0.5, 0.6) is 17.2 Å². The Morgan fingerprint density at radius 1 is 1.03 bits per heavy atom. The van der Waals surface area contributed by atoms with Gasteiger partial charge in [0.25, 0.3) is 11.6 Å². The highest BCUT2D eigenvalue weighted by Crippen LogP contribution is 2.37. The average molecular weight is 425 g/mol. The number of ether oxygens (including phenoxy) is 2. The number of hydrogen-bond acceptors (Lipinski definition) is 8. The summed E-state index contributed by atoms with van der Waals surface area (Å²) in [6.45, 7) is 0. The molecule has 0 aliphatic rings. The van der Waals surface area contributed by atoms with Crippen molar-refractivity contribution in [2.45, 2.75) is 0 Å². The van der Waals surface area contributed by atoms with E-state index in [2.05, 4.69) is 15.2 Å². The van der Waals surface area contributed by atoms with Gasteiger partial charge in [-0.25, -0.2) is 0 Å². The van der Waals surface area contributed by atoms with E-state index in [-0.39, 0.29) is 28.8 Å². The fourth-order valence-electron chi connectivity index (χ4n) is 2.67. The zero-order valence-electron chi connectivity index (χ0n) is 15.5. The Labute approximate surface area is 175 Å². The second-order valence-electron chi connectivity index (χ2n) is 6.02. The van der Waals surface area contributed by atoms with Crippen molar-refractivity contribution in [2.75, 3.05) is 7.11 Å². The highest BCUT2D eigenvalue weighted by molar-refractivity contribution is 6.30. The molecule has 30 heavy (non-hydrogen) atoms. The lowest BCUT2D eigenvalue weighted by atomic mass is 10.1. The third-order valence-electron chi connectivity index (χ3n) is 4.05. The summed E-state index contributed by atoms with van der Waals surface area (Å²) in [5.74, 6) is 1.53. The Morgan fingerprint density at radius 3 is 2.63 bits per heavy atom. The first-order valence-electron chi connectivity index (χ1n) is 8.58. The van der Waals surface area contributed by atoms with E-state index in [0.717, 1.165) is 0 Å². The summed E-state index contributed by atoms with van der Waals surface area (Å²) >= 11 is 5.95. The molecule has 4 rings (SSSR count). The molecule has 0 atom stereocenters. The minimum Gasteiger partial charge on any atom is -0.497 e. The second kappa shape index (κ2) is 8.18. The summed E-state index contributed by atoms with van der Waals surface area (Å²) in [5, 5.41) is 19.7. The number of hydrogen-bond donors (Lipinski definition) is 0. The fourth-order valence-corrected chi connectivity index (χ4v) is 2.83. The molecular formula is C20H13ClN4O5. The number of rotatable bonds is 6. The zero-order valence-corrected chi connectivity index (χ0v) is 16.2. The maximum absolute atomic E-state index is 11.3. The first-order chi connectivity index (χ1) is 14.5. The van der Waals surface area contributed by atoms with Gasteiger partial charge in [-0.3, -0.25) is 15.1 Å². The highest BCUT2D eigenvalue weighted by Gasteiger charge is 2.20. The summed E-state index contributed by atoms with van der Waals surface area (Å²) in [6.07, 6.45) is 2.93. The molecule has 0 unspecified atom stereocenters. The predicted octanol–water partition coefficient (Wildman–Crippen LogP) is 5.16. The van der Waals surface area contributed by atoms with E-state index in [1.807, 2.05) is 0 Å². The van der Waals surface area contributed by atoms with Crippen LogP contribution in [0.3, 0.4) is 0 Å². The monoisotopic (exact) mass is 424 g/mol. The molecule has 0 spiro atoms. The van der Waals surface area contributed by atoms with Gasteiger partial charge < -0.3 is 13.9 Å². The molecule has 0 aliphatic carbocycles. The van der Waals surface area contributed by atoms with Gasteiger partial charge in [0.05, 0.1) is 28.8 Å². The van der Waals surface area contributed by atoms with Gasteiger partial charge in [0, 0.05) is 30.0 Å². The van der Waals surface area contributed by atoms with Crippen LogP contribution in [0.25, 0.3) is 22.9 Å². The van der Waals surface area contributed by atoms with Gasteiger partial charge in [0.2, 0.25) is 5.89 Å². The van der Waals surface area contributed by atoms with Gasteiger partial charge in [-0.2, -0.15) is 0 Å². The quantitative estimate of drug-likeness (QED) is 0.308. The van der Waals surface area contributed by atoms with E-state index in [1.54, 1.807) is 37.4 Å². The van der Waals surface area contributed by atoms with E-state index < -0.39 is 4.92 Å². The molecule has 10 heteroatoms. The summed E-state index contributed by atoms with van der Waals surface area (Å²) in [7, 11) is 1.55. The third kappa shape index (κ3) is 4.06. The first-order valence-corrected chi connectivity index (χ1v) is 8.96. The normalized spacial score (nSPS) is 10.6. The molecule has 0 radical (unpaired) electrons. The molecule has 0 aliphatic heterocycles. The van der Waals surface area contributed by atoms with Crippen molar-refractivity contribution in [1.29, 1.82) is 0 Å². The van der Waals surface area contributed by atoms with Crippen molar-refractivity contribution < 1.29 is 18.8 Å². The number of non-ortho nitro benzene ring substituents is 1. The molecule has 150 valence electrons. The maximum atomic E-state index is 11.3. The van der Waals surface area contributed by atoms with Gasteiger partial charge in [-0.1, -0.05) is 17.7 Å². The van der Waals surface area contributed by atoms with Gasteiger partial charge >= 0.3 is 0 Å². The topological polar surface area (TPSA) is 113 Å². The van der Waals surface area contributed by atoms with Crippen molar-refractivity contribution >= 4 is 17.3 Å². The Morgan fingerprint density at radius 2 is 1.87 bits per heavy atom. The molecule has 0 amide bonds. The smallest absolute Gasteiger partial charge is 0.270 e. The average Bonchev–Trinajstić information content (AvgIpc) is 3.24. The van der Waals surface area contributed by atoms with Gasteiger partial charge in [-0.15, -0.1) is 10.2 Å². The Bertz CT molecular complexity index is 1230. The molecule has 0 bridgehead atoms. The molecule has 2 aromatic heterocycles. The van der Waals surface area contributed by atoms with Crippen LogP contribution in [-0.2, 0) is 0 Å². The van der Waals surface area contributed by atoms with Crippen LogP contribution in [0.15, 0.2) is 65.3 Å². The summed E-state index contributed by atoms with van der Waals surface area (Å²) < 4.78 is 16.8. The molecule has 2 heterocycles. The molecule has 4 aromatic rings. The van der Waals surface area contributed by atoms with Crippen LogP contribution in [0.2, 0.25) is 5.02 Å². The Hall–Kier alpha value is -3.98. The molecular weight excluding hydrogens is 412 g/mol. The lowest BCUT2D eigenvalue weighted by molar-refractivity contribution is -0.384. The number of nitrogens with zero attached hydrogens (tertiary/aromatic N) is 4. The number of pyridine rings is 1. The summed E-state index contributed by atoms with van der Waals surface area (Å²) in [5.41, 5.74) is 0.744. The first kappa shape index (κ1) is 19.3. The number of benzene rings is 2. The van der Waals surface area contributed by atoms with Gasteiger partial charge in [-0.05, 0) is 24.3 Å². The lowest BCUT2D eigenvalue weighted by Crippen LogP contribution is -1.93. The standard InChI is InChI=1S/C20H13ClN4O5/c1-28-15-4-2-3-12(7-15)19-23-24-20(30-19)17-9-14(25(26)27)5-6-18(17)29-16-8-13(21)10-22-11-16/h2-11H,1H3. The number of halogens is 1. The van der Waals surface area contributed by atoms with Crippen LogP contribution >= 0.6 is 11.6 Å². The summed E-state index contributed by atoms with van der Waals surface area (Å²) in [6, 6.07) is 12.7. The summed E-state index contributed by atoms with van der Waals surface area (Å²) in [4.78, 5) is 14.7. The highest BCUT2D eigenvalue weighted by atomic mass is 35.5. The van der Waals surface area contributed by atoms with E-state index in [9.17, 15) is 10.1 Å².